The Morgan fingerprint density at radius 2 is 2.25 bits per heavy atom. The van der Waals surface area contributed by atoms with Crippen molar-refractivity contribution in [1.29, 1.82) is 0 Å². The predicted octanol–water partition coefficient (Wildman–Crippen LogP) is 3.41. The van der Waals surface area contributed by atoms with Gasteiger partial charge in [-0.15, -0.1) is 0 Å². The molecule has 2 rings (SSSR count). The predicted molar refractivity (Wildman–Crippen MR) is 87.2 cm³/mol. The van der Waals surface area contributed by atoms with Gasteiger partial charge in [0.2, 0.25) is 0 Å². The molecule has 20 heavy (non-hydrogen) atoms. The molecule has 2 heterocycles. The first-order valence-electron chi connectivity index (χ1n) is 7.76. The van der Waals surface area contributed by atoms with E-state index in [0.29, 0.717) is 11.3 Å². The molecule has 0 radical (unpaired) electrons. The van der Waals surface area contributed by atoms with Crippen molar-refractivity contribution in [3.8, 4) is 0 Å². The van der Waals surface area contributed by atoms with E-state index in [9.17, 15) is 0 Å². The standard InChI is InChI=1S/C16H28N2OS/c1-5-6-17-10-15-9-16(19-13(15)3)11-18-7-8-20-14(4)12(18)2/h9,12,14,17H,5-8,10-11H2,1-4H3. The van der Waals surface area contributed by atoms with Gasteiger partial charge in [-0.1, -0.05) is 13.8 Å². The monoisotopic (exact) mass is 296 g/mol. The third-order valence-corrected chi connectivity index (χ3v) is 5.53. The van der Waals surface area contributed by atoms with Gasteiger partial charge in [0.25, 0.3) is 0 Å². The molecule has 0 bridgehead atoms. The van der Waals surface area contributed by atoms with E-state index in [-0.39, 0.29) is 0 Å². The summed E-state index contributed by atoms with van der Waals surface area (Å²) in [6.07, 6.45) is 1.17. The second-order valence-electron chi connectivity index (χ2n) is 5.76. The number of rotatable bonds is 6. The Balaban J connectivity index is 1.94. The van der Waals surface area contributed by atoms with Gasteiger partial charge >= 0.3 is 0 Å². The molecule has 0 aromatic carbocycles. The molecule has 4 heteroatoms. The summed E-state index contributed by atoms with van der Waals surface area (Å²) >= 11 is 2.08. The van der Waals surface area contributed by atoms with Gasteiger partial charge in [-0.2, -0.15) is 11.8 Å². The molecule has 1 fully saturated rings. The SMILES string of the molecule is CCCNCc1cc(CN2CCSC(C)C2C)oc1C. The molecular formula is C16H28N2OS. The van der Waals surface area contributed by atoms with Crippen LogP contribution in [0.2, 0.25) is 0 Å². The average molecular weight is 296 g/mol. The molecule has 1 aromatic heterocycles. The summed E-state index contributed by atoms with van der Waals surface area (Å²) in [6, 6.07) is 2.86. The fraction of sp³-hybridized carbons (Fsp3) is 0.750. The summed E-state index contributed by atoms with van der Waals surface area (Å²) in [4.78, 5) is 2.54. The number of nitrogens with zero attached hydrogens (tertiary/aromatic N) is 1. The quantitative estimate of drug-likeness (QED) is 0.814. The fourth-order valence-corrected chi connectivity index (χ4v) is 3.82. The zero-order chi connectivity index (χ0) is 14.5. The highest BCUT2D eigenvalue weighted by Gasteiger charge is 2.26. The highest BCUT2D eigenvalue weighted by Crippen LogP contribution is 2.26. The summed E-state index contributed by atoms with van der Waals surface area (Å²) in [5, 5.41) is 4.16. The molecule has 1 N–H and O–H groups in total. The zero-order valence-electron chi connectivity index (χ0n) is 13.2. The smallest absolute Gasteiger partial charge is 0.118 e. The maximum Gasteiger partial charge on any atom is 0.118 e. The lowest BCUT2D eigenvalue weighted by Gasteiger charge is -2.36. The van der Waals surface area contributed by atoms with Gasteiger partial charge in [0, 0.05) is 35.7 Å². The van der Waals surface area contributed by atoms with Crippen molar-refractivity contribution in [2.75, 3.05) is 18.8 Å². The molecular weight excluding hydrogens is 268 g/mol. The summed E-state index contributed by atoms with van der Waals surface area (Å²) < 4.78 is 5.94. The molecule has 1 aromatic rings. The van der Waals surface area contributed by atoms with E-state index in [2.05, 4.69) is 55.7 Å². The minimum atomic E-state index is 0.626. The van der Waals surface area contributed by atoms with Crippen LogP contribution in [0, 0.1) is 6.92 Å². The first kappa shape index (κ1) is 15.9. The summed E-state index contributed by atoms with van der Waals surface area (Å²) in [5.74, 6) is 3.41. The van der Waals surface area contributed by atoms with Crippen molar-refractivity contribution in [3.63, 3.8) is 0 Å². The Labute approximate surface area is 127 Å². The highest BCUT2D eigenvalue weighted by molar-refractivity contribution is 8.00. The van der Waals surface area contributed by atoms with E-state index in [4.69, 9.17) is 4.42 Å². The Morgan fingerprint density at radius 1 is 1.45 bits per heavy atom. The topological polar surface area (TPSA) is 28.4 Å². The Morgan fingerprint density at radius 3 is 3.00 bits per heavy atom. The van der Waals surface area contributed by atoms with Crippen LogP contribution in [0.4, 0.5) is 0 Å². The molecule has 0 saturated carbocycles. The lowest BCUT2D eigenvalue weighted by atomic mass is 10.2. The maximum absolute atomic E-state index is 5.94. The van der Waals surface area contributed by atoms with Crippen LogP contribution in [-0.2, 0) is 13.1 Å². The Bertz CT molecular complexity index is 419. The molecule has 0 spiro atoms. The second-order valence-corrected chi connectivity index (χ2v) is 7.24. The van der Waals surface area contributed by atoms with Gasteiger partial charge in [0.15, 0.2) is 0 Å². The average Bonchev–Trinajstić information content (AvgIpc) is 2.76. The van der Waals surface area contributed by atoms with Crippen LogP contribution < -0.4 is 5.32 Å². The molecule has 114 valence electrons. The van der Waals surface area contributed by atoms with Crippen LogP contribution in [0.25, 0.3) is 0 Å². The third kappa shape index (κ3) is 4.03. The number of hydrogen-bond acceptors (Lipinski definition) is 4. The molecule has 0 amide bonds. The Kier molecular flexibility index (Phi) is 6.00. The van der Waals surface area contributed by atoms with Crippen LogP contribution in [0.15, 0.2) is 10.5 Å². The van der Waals surface area contributed by atoms with E-state index in [1.54, 1.807) is 0 Å². The van der Waals surface area contributed by atoms with Crippen LogP contribution in [-0.4, -0.2) is 35.0 Å². The molecule has 2 atom stereocenters. The molecule has 0 aliphatic carbocycles. The van der Waals surface area contributed by atoms with Crippen molar-refractivity contribution < 1.29 is 4.42 Å². The Hall–Kier alpha value is -0.450. The molecule has 1 aliphatic heterocycles. The van der Waals surface area contributed by atoms with E-state index in [1.807, 2.05) is 0 Å². The first-order chi connectivity index (χ1) is 9.61. The fourth-order valence-electron chi connectivity index (χ4n) is 2.66. The van der Waals surface area contributed by atoms with Gasteiger partial charge in [0.1, 0.15) is 11.5 Å². The number of nitrogens with one attached hydrogen (secondary N) is 1. The minimum Gasteiger partial charge on any atom is -0.465 e. The lowest BCUT2D eigenvalue weighted by Crippen LogP contribution is -2.43. The second kappa shape index (κ2) is 7.53. The van der Waals surface area contributed by atoms with Crippen LogP contribution in [0.1, 0.15) is 44.3 Å². The number of hydrogen-bond donors (Lipinski definition) is 1. The zero-order valence-corrected chi connectivity index (χ0v) is 14.1. The van der Waals surface area contributed by atoms with Crippen molar-refractivity contribution >= 4 is 11.8 Å². The van der Waals surface area contributed by atoms with Crippen LogP contribution in [0.5, 0.6) is 0 Å². The minimum absolute atomic E-state index is 0.626. The molecule has 1 aliphatic rings. The molecule has 3 nitrogen and oxygen atoms in total. The summed E-state index contributed by atoms with van der Waals surface area (Å²) in [7, 11) is 0. The van der Waals surface area contributed by atoms with Gasteiger partial charge in [0.05, 0.1) is 6.54 Å². The van der Waals surface area contributed by atoms with E-state index in [0.717, 1.165) is 31.2 Å². The van der Waals surface area contributed by atoms with Crippen LogP contribution in [0.3, 0.4) is 0 Å². The van der Waals surface area contributed by atoms with E-state index in [1.165, 1.54) is 24.3 Å². The molecule has 2 unspecified atom stereocenters. The highest BCUT2D eigenvalue weighted by atomic mass is 32.2. The van der Waals surface area contributed by atoms with Crippen molar-refractivity contribution in [2.24, 2.45) is 0 Å². The van der Waals surface area contributed by atoms with E-state index >= 15 is 0 Å². The van der Waals surface area contributed by atoms with Crippen molar-refractivity contribution in [3.05, 3.63) is 23.2 Å². The normalized spacial score (nSPS) is 24.2. The third-order valence-electron chi connectivity index (χ3n) is 4.19. The van der Waals surface area contributed by atoms with Gasteiger partial charge in [-0.3, -0.25) is 4.90 Å². The van der Waals surface area contributed by atoms with Crippen LogP contribution >= 0.6 is 11.8 Å². The number of thioether (sulfide) groups is 1. The van der Waals surface area contributed by atoms with Crippen molar-refractivity contribution in [2.45, 2.75) is 58.5 Å². The maximum atomic E-state index is 5.94. The summed E-state index contributed by atoms with van der Waals surface area (Å²) in [5.41, 5.74) is 1.31. The number of aryl methyl sites for hydroxylation is 1. The largest absolute Gasteiger partial charge is 0.465 e. The lowest BCUT2D eigenvalue weighted by molar-refractivity contribution is 0.188. The van der Waals surface area contributed by atoms with E-state index < -0.39 is 0 Å². The number of furan rings is 1. The first-order valence-corrected chi connectivity index (χ1v) is 8.81. The summed E-state index contributed by atoms with van der Waals surface area (Å²) in [6.45, 7) is 13.0. The van der Waals surface area contributed by atoms with Crippen molar-refractivity contribution in [1.82, 2.24) is 10.2 Å². The van der Waals surface area contributed by atoms with Gasteiger partial charge < -0.3 is 9.73 Å². The van der Waals surface area contributed by atoms with Gasteiger partial charge in [-0.25, -0.2) is 0 Å². The van der Waals surface area contributed by atoms with Gasteiger partial charge in [-0.05, 0) is 32.9 Å². The molecule has 1 saturated heterocycles.